The van der Waals surface area contributed by atoms with Gasteiger partial charge in [0, 0.05) is 17.8 Å². The first-order valence-corrected chi connectivity index (χ1v) is 6.68. The zero-order valence-corrected chi connectivity index (χ0v) is 10.8. The summed E-state index contributed by atoms with van der Waals surface area (Å²) in [5.74, 6) is -1.68. The van der Waals surface area contributed by atoms with Crippen LogP contribution in [-0.4, -0.2) is 34.2 Å². The number of carboxylic acids is 1. The van der Waals surface area contributed by atoms with Gasteiger partial charge in [-0.1, -0.05) is 0 Å². The Bertz CT molecular complexity index is 572. The lowest BCUT2D eigenvalue weighted by atomic mass is 9.88. The quantitative estimate of drug-likeness (QED) is 0.621. The number of nitrogens with one attached hydrogen (secondary N) is 2. The Morgan fingerprint density at radius 2 is 2.10 bits per heavy atom. The van der Waals surface area contributed by atoms with Crippen LogP contribution in [0.5, 0.6) is 5.75 Å². The average Bonchev–Trinajstić information content (AvgIpc) is 3.03. The predicted molar refractivity (Wildman–Crippen MR) is 71.7 cm³/mol. The maximum absolute atomic E-state index is 12.2. The largest absolute Gasteiger partial charge is 0.507 e. The molecule has 0 radical (unpaired) electrons. The van der Waals surface area contributed by atoms with E-state index in [1.807, 2.05) is 0 Å². The van der Waals surface area contributed by atoms with E-state index in [0.29, 0.717) is 11.7 Å². The fourth-order valence-electron chi connectivity index (χ4n) is 3.13. The summed E-state index contributed by atoms with van der Waals surface area (Å²) in [6, 6.07) is 4.72. The third kappa shape index (κ3) is 2.22. The van der Waals surface area contributed by atoms with Gasteiger partial charge in [0.05, 0.1) is 5.92 Å². The van der Waals surface area contributed by atoms with Crippen LogP contribution >= 0.6 is 0 Å². The molecular formula is C14H16N2O4. The molecule has 1 aromatic rings. The third-order valence-corrected chi connectivity index (χ3v) is 4.13. The molecule has 20 heavy (non-hydrogen) atoms. The lowest BCUT2D eigenvalue weighted by Crippen LogP contribution is -2.32. The van der Waals surface area contributed by atoms with E-state index >= 15 is 0 Å². The first-order chi connectivity index (χ1) is 9.54. The number of aromatic carboxylic acids is 1. The highest BCUT2D eigenvalue weighted by molar-refractivity contribution is 5.96. The second-order valence-corrected chi connectivity index (χ2v) is 5.42. The molecule has 2 aliphatic heterocycles. The van der Waals surface area contributed by atoms with Crippen molar-refractivity contribution in [2.45, 2.75) is 31.3 Å². The molecule has 4 N–H and O–H groups in total. The van der Waals surface area contributed by atoms with Crippen molar-refractivity contribution in [2.75, 3.05) is 5.32 Å². The normalized spacial score (nSPS) is 27.5. The number of phenols is 1. The first kappa shape index (κ1) is 12.9. The number of amides is 1. The van der Waals surface area contributed by atoms with Gasteiger partial charge in [0.25, 0.3) is 0 Å². The topological polar surface area (TPSA) is 98.7 Å². The summed E-state index contributed by atoms with van der Waals surface area (Å²) >= 11 is 0. The predicted octanol–water partition coefficient (Wildman–Crippen LogP) is 1.17. The number of fused-ring (bicyclic) bond motifs is 2. The number of hydrogen-bond acceptors (Lipinski definition) is 4. The smallest absolute Gasteiger partial charge is 0.339 e. The molecule has 1 aromatic carbocycles. The second kappa shape index (κ2) is 4.79. The minimum atomic E-state index is -1.22. The van der Waals surface area contributed by atoms with Crippen LogP contribution in [0.4, 0.5) is 5.69 Å². The standard InChI is InChI=1S/C14H16N2O4/c17-12-4-2-8(6-10(12)14(19)20)16-13(18)9-5-7-1-3-11(9)15-7/h2,4,6-7,9,11,15,17H,1,3,5H2,(H,16,18)(H,19,20). The minimum Gasteiger partial charge on any atom is -0.507 e. The van der Waals surface area contributed by atoms with E-state index < -0.39 is 5.97 Å². The molecule has 3 unspecified atom stereocenters. The van der Waals surface area contributed by atoms with Crippen molar-refractivity contribution in [1.29, 1.82) is 0 Å². The summed E-state index contributed by atoms with van der Waals surface area (Å²) in [5.41, 5.74) is 0.182. The monoisotopic (exact) mass is 276 g/mol. The number of carbonyl (C=O) groups excluding carboxylic acids is 1. The van der Waals surface area contributed by atoms with Gasteiger partial charge in [-0.3, -0.25) is 4.79 Å². The zero-order valence-electron chi connectivity index (χ0n) is 10.8. The van der Waals surface area contributed by atoms with Crippen LogP contribution in [0.3, 0.4) is 0 Å². The van der Waals surface area contributed by atoms with E-state index in [9.17, 15) is 14.7 Å². The van der Waals surface area contributed by atoms with E-state index in [1.165, 1.54) is 18.2 Å². The van der Waals surface area contributed by atoms with Gasteiger partial charge in [-0.05, 0) is 37.5 Å². The molecular weight excluding hydrogens is 260 g/mol. The van der Waals surface area contributed by atoms with Crippen molar-refractivity contribution in [3.8, 4) is 5.75 Å². The van der Waals surface area contributed by atoms with Gasteiger partial charge >= 0.3 is 5.97 Å². The molecule has 2 fully saturated rings. The number of rotatable bonds is 3. The Morgan fingerprint density at radius 1 is 1.30 bits per heavy atom. The van der Waals surface area contributed by atoms with Crippen molar-refractivity contribution in [2.24, 2.45) is 5.92 Å². The SMILES string of the molecule is O=C(O)c1cc(NC(=O)C2CC3CCC2N3)ccc1O. The molecule has 2 bridgehead atoms. The van der Waals surface area contributed by atoms with Crippen LogP contribution in [0, 0.1) is 5.92 Å². The molecule has 1 amide bonds. The number of anilines is 1. The van der Waals surface area contributed by atoms with Gasteiger partial charge < -0.3 is 20.8 Å². The van der Waals surface area contributed by atoms with Crippen LogP contribution < -0.4 is 10.6 Å². The Hall–Kier alpha value is -2.08. The number of hydrogen-bond donors (Lipinski definition) is 4. The van der Waals surface area contributed by atoms with Gasteiger partial charge in [-0.2, -0.15) is 0 Å². The first-order valence-electron chi connectivity index (χ1n) is 6.68. The lowest BCUT2D eigenvalue weighted by molar-refractivity contribution is -0.120. The van der Waals surface area contributed by atoms with Gasteiger partial charge in [-0.25, -0.2) is 4.79 Å². The van der Waals surface area contributed by atoms with Gasteiger partial charge in [0.15, 0.2) is 0 Å². The summed E-state index contributed by atoms with van der Waals surface area (Å²) in [7, 11) is 0. The molecule has 0 spiro atoms. The Labute approximate surface area is 115 Å². The summed E-state index contributed by atoms with van der Waals surface area (Å²) in [5, 5.41) is 24.5. The van der Waals surface area contributed by atoms with Crippen molar-refractivity contribution < 1.29 is 19.8 Å². The van der Waals surface area contributed by atoms with Crippen LogP contribution in [0.1, 0.15) is 29.6 Å². The van der Waals surface area contributed by atoms with Crippen molar-refractivity contribution in [3.63, 3.8) is 0 Å². The van der Waals surface area contributed by atoms with E-state index in [4.69, 9.17) is 5.11 Å². The lowest BCUT2D eigenvalue weighted by Gasteiger charge is -2.19. The molecule has 6 heteroatoms. The average molecular weight is 276 g/mol. The summed E-state index contributed by atoms with van der Waals surface area (Å²) in [6.45, 7) is 0. The minimum absolute atomic E-state index is 0.0594. The Kier molecular flexibility index (Phi) is 3.10. The van der Waals surface area contributed by atoms with Crippen LogP contribution in [0.25, 0.3) is 0 Å². The van der Waals surface area contributed by atoms with E-state index in [0.717, 1.165) is 19.3 Å². The van der Waals surface area contributed by atoms with Crippen LogP contribution in [0.15, 0.2) is 18.2 Å². The fourth-order valence-corrected chi connectivity index (χ4v) is 3.13. The zero-order chi connectivity index (χ0) is 14.3. The highest BCUT2D eigenvalue weighted by Crippen LogP contribution is 2.34. The number of carboxylic acid groups (broad SMARTS) is 1. The van der Waals surface area contributed by atoms with E-state index in [2.05, 4.69) is 10.6 Å². The van der Waals surface area contributed by atoms with Crippen LogP contribution in [0.2, 0.25) is 0 Å². The highest BCUT2D eigenvalue weighted by Gasteiger charge is 2.42. The second-order valence-electron chi connectivity index (χ2n) is 5.42. The maximum atomic E-state index is 12.2. The van der Waals surface area contributed by atoms with Crippen molar-refractivity contribution in [3.05, 3.63) is 23.8 Å². The van der Waals surface area contributed by atoms with Gasteiger partial charge in [-0.15, -0.1) is 0 Å². The number of benzene rings is 1. The molecule has 0 aromatic heterocycles. The molecule has 3 atom stereocenters. The van der Waals surface area contributed by atoms with E-state index in [-0.39, 0.29) is 29.2 Å². The highest BCUT2D eigenvalue weighted by atomic mass is 16.4. The van der Waals surface area contributed by atoms with Gasteiger partial charge in [0.2, 0.25) is 5.91 Å². The van der Waals surface area contributed by atoms with Gasteiger partial charge in [0.1, 0.15) is 11.3 Å². The molecule has 0 saturated carbocycles. The molecule has 2 saturated heterocycles. The maximum Gasteiger partial charge on any atom is 0.339 e. The van der Waals surface area contributed by atoms with Crippen molar-refractivity contribution >= 4 is 17.6 Å². The summed E-state index contributed by atoms with van der Waals surface area (Å²) < 4.78 is 0. The van der Waals surface area contributed by atoms with Crippen LogP contribution in [-0.2, 0) is 4.79 Å². The summed E-state index contributed by atoms with van der Waals surface area (Å²) in [6.07, 6.45) is 2.97. The Morgan fingerprint density at radius 3 is 2.70 bits per heavy atom. The molecule has 3 rings (SSSR count). The summed E-state index contributed by atoms with van der Waals surface area (Å²) in [4.78, 5) is 23.1. The van der Waals surface area contributed by atoms with E-state index in [1.54, 1.807) is 0 Å². The molecule has 0 aliphatic carbocycles. The number of carbonyl (C=O) groups is 2. The van der Waals surface area contributed by atoms with Crippen molar-refractivity contribution in [1.82, 2.24) is 5.32 Å². The molecule has 2 aliphatic rings. The third-order valence-electron chi connectivity index (χ3n) is 4.13. The number of aromatic hydroxyl groups is 1. The fraction of sp³-hybridized carbons (Fsp3) is 0.429. The molecule has 2 heterocycles. The Balaban J connectivity index is 1.73. The molecule has 106 valence electrons. The molecule has 6 nitrogen and oxygen atoms in total.